The zero-order valence-electron chi connectivity index (χ0n) is 14.2. The van der Waals surface area contributed by atoms with Gasteiger partial charge in [0, 0.05) is 31.1 Å². The topological polar surface area (TPSA) is 94.1 Å². The van der Waals surface area contributed by atoms with Crippen LogP contribution in [0, 0.1) is 0 Å². The molecule has 0 spiro atoms. The lowest BCUT2D eigenvalue weighted by Gasteiger charge is -2.13. The van der Waals surface area contributed by atoms with Crippen LogP contribution in [0.15, 0.2) is 42.9 Å². The van der Waals surface area contributed by atoms with Gasteiger partial charge in [0.2, 0.25) is 5.95 Å². The van der Waals surface area contributed by atoms with Crippen molar-refractivity contribution in [2.24, 2.45) is 0 Å². The number of methoxy groups -OCH3 is 2. The Morgan fingerprint density at radius 1 is 1.12 bits per heavy atom. The van der Waals surface area contributed by atoms with Gasteiger partial charge in [-0.05, 0) is 11.6 Å². The maximum Gasteiger partial charge on any atom is 0.244 e. The van der Waals surface area contributed by atoms with E-state index in [0.29, 0.717) is 40.5 Å². The van der Waals surface area contributed by atoms with E-state index < -0.39 is 0 Å². The van der Waals surface area contributed by atoms with E-state index >= 15 is 0 Å². The minimum Gasteiger partial charge on any atom is -0.495 e. The predicted octanol–water partition coefficient (Wildman–Crippen LogP) is 3.29. The van der Waals surface area contributed by atoms with Gasteiger partial charge in [-0.2, -0.15) is 10.1 Å². The van der Waals surface area contributed by atoms with Crippen molar-refractivity contribution in [3.05, 3.63) is 53.4 Å². The molecule has 0 fully saturated rings. The summed E-state index contributed by atoms with van der Waals surface area (Å²) in [4.78, 5) is 8.46. The fraction of sp³-hybridized carbons (Fsp3) is 0.176. The molecular weight excluding hydrogens is 356 g/mol. The number of ether oxygens (including phenoxy) is 2. The van der Waals surface area contributed by atoms with Gasteiger partial charge in [-0.25, -0.2) is 0 Å². The second kappa shape index (κ2) is 8.30. The van der Waals surface area contributed by atoms with E-state index in [1.54, 1.807) is 38.7 Å². The molecule has 134 valence electrons. The van der Waals surface area contributed by atoms with Crippen LogP contribution in [0.2, 0.25) is 5.02 Å². The highest BCUT2D eigenvalue weighted by Crippen LogP contribution is 2.37. The summed E-state index contributed by atoms with van der Waals surface area (Å²) in [7, 11) is 3.10. The van der Waals surface area contributed by atoms with Gasteiger partial charge in [0.15, 0.2) is 5.82 Å². The van der Waals surface area contributed by atoms with Crippen LogP contribution < -0.4 is 20.1 Å². The number of aromatic nitrogens is 4. The quantitative estimate of drug-likeness (QED) is 0.652. The molecule has 9 heteroatoms. The summed E-state index contributed by atoms with van der Waals surface area (Å²) in [5.41, 5.74) is 1.66. The van der Waals surface area contributed by atoms with E-state index in [-0.39, 0.29) is 0 Å². The number of nitrogens with one attached hydrogen (secondary N) is 2. The molecule has 0 aliphatic heterocycles. The number of nitrogens with zero attached hydrogens (tertiary/aromatic N) is 4. The van der Waals surface area contributed by atoms with Gasteiger partial charge in [0.05, 0.1) is 31.1 Å². The summed E-state index contributed by atoms with van der Waals surface area (Å²) in [5.74, 6) is 1.96. The molecule has 0 saturated carbocycles. The van der Waals surface area contributed by atoms with Crippen molar-refractivity contribution in [3.8, 4) is 11.5 Å². The van der Waals surface area contributed by atoms with E-state index in [9.17, 15) is 0 Å². The summed E-state index contributed by atoms with van der Waals surface area (Å²) in [6.45, 7) is 0.539. The third kappa shape index (κ3) is 4.28. The van der Waals surface area contributed by atoms with Gasteiger partial charge >= 0.3 is 0 Å². The summed E-state index contributed by atoms with van der Waals surface area (Å²) in [6, 6.07) is 7.22. The molecule has 0 aliphatic rings. The Labute approximate surface area is 155 Å². The smallest absolute Gasteiger partial charge is 0.244 e. The zero-order chi connectivity index (χ0) is 18.4. The first-order valence-corrected chi connectivity index (χ1v) is 8.08. The molecule has 1 aromatic carbocycles. The highest BCUT2D eigenvalue weighted by molar-refractivity contribution is 6.32. The molecule has 0 bridgehead atoms. The Balaban J connectivity index is 1.76. The Kier molecular flexibility index (Phi) is 5.65. The Morgan fingerprint density at radius 3 is 2.69 bits per heavy atom. The number of pyridine rings is 1. The van der Waals surface area contributed by atoms with Gasteiger partial charge in [-0.15, -0.1) is 5.10 Å². The largest absolute Gasteiger partial charge is 0.495 e. The normalized spacial score (nSPS) is 10.3. The Hall–Kier alpha value is -3.13. The van der Waals surface area contributed by atoms with Crippen LogP contribution in [-0.2, 0) is 6.54 Å². The number of rotatable bonds is 7. The average Bonchev–Trinajstić information content (AvgIpc) is 2.68. The first kappa shape index (κ1) is 17.7. The van der Waals surface area contributed by atoms with Crippen molar-refractivity contribution in [1.29, 1.82) is 0 Å². The van der Waals surface area contributed by atoms with E-state index in [1.165, 1.54) is 6.20 Å². The van der Waals surface area contributed by atoms with Crippen molar-refractivity contribution in [2.75, 3.05) is 24.9 Å². The van der Waals surface area contributed by atoms with Crippen LogP contribution in [0.4, 0.5) is 17.5 Å². The molecule has 0 aliphatic carbocycles. The molecule has 8 nitrogen and oxygen atoms in total. The monoisotopic (exact) mass is 372 g/mol. The minimum atomic E-state index is 0.388. The lowest BCUT2D eigenvalue weighted by molar-refractivity contribution is 0.405. The highest BCUT2D eigenvalue weighted by atomic mass is 35.5. The number of halogens is 1. The van der Waals surface area contributed by atoms with Gasteiger partial charge < -0.3 is 20.1 Å². The van der Waals surface area contributed by atoms with Crippen LogP contribution in [-0.4, -0.2) is 34.4 Å². The molecule has 0 atom stereocenters. The third-order valence-corrected chi connectivity index (χ3v) is 3.76. The van der Waals surface area contributed by atoms with Crippen LogP contribution in [0.3, 0.4) is 0 Å². The predicted molar refractivity (Wildman–Crippen MR) is 99.2 cm³/mol. The second-order valence-electron chi connectivity index (χ2n) is 5.19. The number of hydrogen-bond donors (Lipinski definition) is 2. The van der Waals surface area contributed by atoms with Gasteiger partial charge in [0.25, 0.3) is 0 Å². The summed E-state index contributed by atoms with van der Waals surface area (Å²) in [5, 5.41) is 14.6. The zero-order valence-corrected chi connectivity index (χ0v) is 15.0. The van der Waals surface area contributed by atoms with E-state index in [4.69, 9.17) is 21.1 Å². The molecule has 2 heterocycles. The molecule has 3 aromatic rings. The van der Waals surface area contributed by atoms with Crippen LogP contribution in [0.5, 0.6) is 11.5 Å². The maximum absolute atomic E-state index is 6.12. The van der Waals surface area contributed by atoms with Crippen LogP contribution in [0.1, 0.15) is 5.56 Å². The molecular formula is C17H17ClN6O2. The molecule has 0 radical (unpaired) electrons. The summed E-state index contributed by atoms with van der Waals surface area (Å²) >= 11 is 6.12. The lowest BCUT2D eigenvalue weighted by atomic mass is 10.2. The highest BCUT2D eigenvalue weighted by Gasteiger charge is 2.11. The summed E-state index contributed by atoms with van der Waals surface area (Å²) < 4.78 is 10.6. The fourth-order valence-corrected chi connectivity index (χ4v) is 2.45. The molecule has 2 aromatic heterocycles. The lowest BCUT2D eigenvalue weighted by Crippen LogP contribution is -2.07. The van der Waals surface area contributed by atoms with Crippen molar-refractivity contribution < 1.29 is 9.47 Å². The van der Waals surface area contributed by atoms with Crippen LogP contribution >= 0.6 is 11.6 Å². The first-order valence-electron chi connectivity index (χ1n) is 7.70. The molecule has 0 amide bonds. The van der Waals surface area contributed by atoms with Gasteiger partial charge in [-0.3, -0.25) is 4.98 Å². The standard InChI is InChI=1S/C17H17ClN6O2/c1-25-14-7-13(15(26-2)6-12(14)18)22-16-10-21-24-17(23-16)20-9-11-4-3-5-19-8-11/h3-8,10H,9H2,1-2H3,(H2,20,22,23,24). The van der Waals surface area contributed by atoms with Crippen LogP contribution in [0.25, 0.3) is 0 Å². The number of hydrogen-bond acceptors (Lipinski definition) is 8. The SMILES string of the molecule is COc1cc(Nc2cnnc(NCc3cccnc3)n2)c(OC)cc1Cl. The maximum atomic E-state index is 6.12. The number of benzene rings is 1. The molecule has 26 heavy (non-hydrogen) atoms. The van der Waals surface area contributed by atoms with Crippen molar-refractivity contribution >= 4 is 29.1 Å². The Morgan fingerprint density at radius 2 is 1.96 bits per heavy atom. The summed E-state index contributed by atoms with van der Waals surface area (Å²) in [6.07, 6.45) is 5.00. The fourth-order valence-electron chi connectivity index (χ4n) is 2.22. The van der Waals surface area contributed by atoms with E-state index in [1.807, 2.05) is 12.1 Å². The first-order chi connectivity index (χ1) is 12.7. The van der Waals surface area contributed by atoms with E-state index in [2.05, 4.69) is 30.8 Å². The Bertz CT molecular complexity index is 878. The second-order valence-corrected chi connectivity index (χ2v) is 5.60. The third-order valence-electron chi connectivity index (χ3n) is 3.47. The molecule has 2 N–H and O–H groups in total. The van der Waals surface area contributed by atoms with Crippen molar-refractivity contribution in [3.63, 3.8) is 0 Å². The van der Waals surface area contributed by atoms with E-state index in [0.717, 1.165) is 5.56 Å². The van der Waals surface area contributed by atoms with Crippen molar-refractivity contribution in [1.82, 2.24) is 20.2 Å². The molecule has 0 unspecified atom stereocenters. The average molecular weight is 373 g/mol. The van der Waals surface area contributed by atoms with Gasteiger partial charge in [0.1, 0.15) is 11.5 Å². The van der Waals surface area contributed by atoms with Gasteiger partial charge in [-0.1, -0.05) is 17.7 Å². The molecule has 3 rings (SSSR count). The minimum absolute atomic E-state index is 0.388. The number of anilines is 3. The molecule has 0 saturated heterocycles. The van der Waals surface area contributed by atoms with Crippen molar-refractivity contribution in [2.45, 2.75) is 6.54 Å².